The van der Waals surface area contributed by atoms with Crippen LogP contribution >= 0.6 is 0 Å². The molecule has 0 amide bonds. The van der Waals surface area contributed by atoms with E-state index in [2.05, 4.69) is 9.97 Å². The largest absolute Gasteiger partial charge is 0.440 e. The molecule has 3 aromatic rings. The van der Waals surface area contributed by atoms with Gasteiger partial charge in [-0.15, -0.1) is 0 Å². The van der Waals surface area contributed by atoms with E-state index >= 15 is 0 Å². The third-order valence-electron chi connectivity index (χ3n) is 4.58. The van der Waals surface area contributed by atoms with Crippen molar-refractivity contribution in [3.63, 3.8) is 0 Å². The van der Waals surface area contributed by atoms with Crippen LogP contribution in [0.1, 0.15) is 41.3 Å². The third kappa shape index (κ3) is 3.16. The van der Waals surface area contributed by atoms with Crippen LogP contribution in [0.2, 0.25) is 0 Å². The summed E-state index contributed by atoms with van der Waals surface area (Å²) in [5, 5.41) is 9.08. The fourth-order valence-electron chi connectivity index (χ4n) is 3.38. The molecule has 5 heteroatoms. The minimum absolute atomic E-state index is 0.119. The lowest BCUT2D eigenvalue weighted by Gasteiger charge is -2.14. The molecule has 0 bridgehead atoms. The molecule has 1 aromatic carbocycles. The first-order valence-corrected chi connectivity index (χ1v) is 8.33. The molecule has 1 aliphatic rings. The fraction of sp³-hybridized carbons (Fsp3) is 0.250. The average molecular weight is 333 g/mol. The van der Waals surface area contributed by atoms with Gasteiger partial charge in [0.25, 0.3) is 0 Å². The van der Waals surface area contributed by atoms with Crippen molar-refractivity contribution in [3.05, 3.63) is 71.0 Å². The van der Waals surface area contributed by atoms with Crippen LogP contribution in [0, 0.1) is 17.1 Å². The highest BCUT2D eigenvalue weighted by atomic mass is 19.1. The van der Waals surface area contributed by atoms with Gasteiger partial charge in [-0.2, -0.15) is 5.26 Å². The first-order chi connectivity index (χ1) is 12.2. The second-order valence-electron chi connectivity index (χ2n) is 6.28. The lowest BCUT2D eigenvalue weighted by Crippen LogP contribution is -2.02. The minimum Gasteiger partial charge on any atom is -0.440 e. The topological polar surface area (TPSA) is 62.7 Å². The molecule has 2 heterocycles. The second kappa shape index (κ2) is 6.48. The van der Waals surface area contributed by atoms with Crippen molar-refractivity contribution in [1.82, 2.24) is 9.97 Å². The molecule has 4 rings (SSSR count). The number of nitrogens with zero attached hydrogens (tertiary/aromatic N) is 3. The van der Waals surface area contributed by atoms with Crippen molar-refractivity contribution < 1.29 is 8.81 Å². The van der Waals surface area contributed by atoms with Crippen LogP contribution < -0.4 is 0 Å². The Balaban J connectivity index is 1.67. The van der Waals surface area contributed by atoms with Gasteiger partial charge in [0.2, 0.25) is 5.89 Å². The Hall–Kier alpha value is -3.00. The Kier molecular flexibility index (Phi) is 4.02. The number of hydrogen-bond donors (Lipinski definition) is 0. The molecule has 0 fully saturated rings. The zero-order valence-corrected chi connectivity index (χ0v) is 13.6. The zero-order valence-electron chi connectivity index (χ0n) is 13.6. The zero-order chi connectivity index (χ0) is 17.2. The fourth-order valence-corrected chi connectivity index (χ4v) is 3.38. The molecule has 0 saturated carbocycles. The van der Waals surface area contributed by atoms with E-state index in [1.54, 1.807) is 12.3 Å². The van der Waals surface area contributed by atoms with Crippen LogP contribution in [0.3, 0.4) is 0 Å². The smallest absolute Gasteiger partial charge is 0.245 e. The number of rotatable bonds is 2. The van der Waals surface area contributed by atoms with Crippen LogP contribution in [0.25, 0.3) is 11.6 Å². The lowest BCUT2D eigenvalue weighted by atomic mass is 9.91. The van der Waals surface area contributed by atoms with Crippen molar-refractivity contribution in [1.29, 1.82) is 5.26 Å². The molecule has 25 heavy (non-hydrogen) atoms. The molecule has 0 radical (unpaired) electrons. The Morgan fingerprint density at radius 1 is 1.24 bits per heavy atom. The number of halogens is 1. The molecule has 0 spiro atoms. The molecular weight excluding hydrogens is 317 g/mol. The van der Waals surface area contributed by atoms with Crippen molar-refractivity contribution >= 4 is 0 Å². The van der Waals surface area contributed by atoms with Gasteiger partial charge in [0.15, 0.2) is 0 Å². The van der Waals surface area contributed by atoms with E-state index in [9.17, 15) is 4.39 Å². The SMILES string of the molecule is N#Cc1cc(F)cc(C2CCCc3nc(-c4ccccn4)oc3C2)c1. The predicted molar refractivity (Wildman–Crippen MR) is 90.2 cm³/mol. The van der Waals surface area contributed by atoms with Crippen molar-refractivity contribution in [3.8, 4) is 17.7 Å². The summed E-state index contributed by atoms with van der Waals surface area (Å²) in [5.41, 5.74) is 2.87. The van der Waals surface area contributed by atoms with Gasteiger partial charge in [-0.3, -0.25) is 4.98 Å². The number of nitriles is 1. The summed E-state index contributed by atoms with van der Waals surface area (Å²) in [7, 11) is 0. The molecule has 2 aromatic heterocycles. The third-order valence-corrected chi connectivity index (χ3v) is 4.58. The minimum atomic E-state index is -0.370. The number of oxazole rings is 1. The lowest BCUT2D eigenvalue weighted by molar-refractivity contribution is 0.485. The highest BCUT2D eigenvalue weighted by molar-refractivity contribution is 5.47. The summed E-state index contributed by atoms with van der Waals surface area (Å²) in [5.74, 6) is 1.12. The summed E-state index contributed by atoms with van der Waals surface area (Å²) in [6, 6.07) is 12.2. The predicted octanol–water partition coefficient (Wildman–Crippen LogP) is 4.41. The standard InChI is InChI=1S/C20H16FN3O/c21-16-9-13(12-22)8-15(10-16)14-4-3-6-17-19(11-14)25-20(24-17)18-5-1-2-7-23-18/h1-2,5,7-10,14H,3-4,6,11H2. The number of hydrogen-bond acceptors (Lipinski definition) is 4. The van der Waals surface area contributed by atoms with Gasteiger partial charge in [-0.05, 0) is 61.1 Å². The first-order valence-electron chi connectivity index (χ1n) is 8.33. The van der Waals surface area contributed by atoms with E-state index in [1.807, 2.05) is 24.3 Å². The molecule has 4 nitrogen and oxygen atoms in total. The van der Waals surface area contributed by atoms with Gasteiger partial charge < -0.3 is 4.42 Å². The Morgan fingerprint density at radius 3 is 2.96 bits per heavy atom. The van der Waals surface area contributed by atoms with E-state index in [1.165, 1.54) is 12.1 Å². The summed E-state index contributed by atoms with van der Waals surface area (Å²) < 4.78 is 19.8. The highest BCUT2D eigenvalue weighted by Gasteiger charge is 2.24. The van der Waals surface area contributed by atoms with Gasteiger partial charge in [0.1, 0.15) is 17.3 Å². The van der Waals surface area contributed by atoms with Crippen LogP contribution in [0.4, 0.5) is 4.39 Å². The monoisotopic (exact) mass is 333 g/mol. The van der Waals surface area contributed by atoms with E-state index in [4.69, 9.17) is 9.68 Å². The van der Waals surface area contributed by atoms with Crippen molar-refractivity contribution in [2.45, 2.75) is 31.6 Å². The van der Waals surface area contributed by atoms with Gasteiger partial charge in [-0.1, -0.05) is 6.07 Å². The second-order valence-corrected chi connectivity index (χ2v) is 6.28. The van der Waals surface area contributed by atoms with Crippen molar-refractivity contribution in [2.75, 3.05) is 0 Å². The molecular formula is C20H16FN3O. The highest BCUT2D eigenvalue weighted by Crippen LogP contribution is 2.34. The number of pyridine rings is 1. The van der Waals surface area contributed by atoms with Crippen molar-refractivity contribution in [2.24, 2.45) is 0 Å². The van der Waals surface area contributed by atoms with Gasteiger partial charge >= 0.3 is 0 Å². The summed E-state index contributed by atoms with van der Waals surface area (Å²) in [6.45, 7) is 0. The molecule has 0 N–H and O–H groups in total. The van der Waals surface area contributed by atoms with Crippen LogP contribution in [0.5, 0.6) is 0 Å². The number of aryl methyl sites for hydroxylation is 1. The van der Waals surface area contributed by atoms with Gasteiger partial charge in [0.05, 0.1) is 17.3 Å². The maximum absolute atomic E-state index is 13.8. The van der Waals surface area contributed by atoms with E-state index in [0.29, 0.717) is 23.6 Å². The maximum atomic E-state index is 13.8. The van der Waals surface area contributed by atoms with Crippen LogP contribution in [-0.2, 0) is 12.8 Å². The van der Waals surface area contributed by atoms with E-state index < -0.39 is 0 Å². The normalized spacial score (nSPS) is 16.7. The molecule has 0 saturated heterocycles. The number of benzene rings is 1. The summed E-state index contributed by atoms with van der Waals surface area (Å²) in [4.78, 5) is 8.89. The molecule has 1 unspecified atom stereocenters. The molecule has 124 valence electrons. The average Bonchev–Trinajstić information content (AvgIpc) is 2.93. The Morgan fingerprint density at radius 2 is 2.16 bits per heavy atom. The maximum Gasteiger partial charge on any atom is 0.245 e. The molecule has 1 aliphatic carbocycles. The van der Waals surface area contributed by atoms with Gasteiger partial charge in [0, 0.05) is 12.6 Å². The van der Waals surface area contributed by atoms with E-state index in [-0.39, 0.29) is 11.7 Å². The first kappa shape index (κ1) is 15.5. The van der Waals surface area contributed by atoms with E-state index in [0.717, 1.165) is 36.3 Å². The number of fused-ring (bicyclic) bond motifs is 1. The summed E-state index contributed by atoms with van der Waals surface area (Å²) >= 11 is 0. The quantitative estimate of drug-likeness (QED) is 0.652. The Bertz CT molecular complexity index is 943. The molecule has 1 atom stereocenters. The van der Waals surface area contributed by atoms with Crippen LogP contribution in [-0.4, -0.2) is 9.97 Å². The van der Waals surface area contributed by atoms with Crippen LogP contribution in [0.15, 0.2) is 47.0 Å². The molecule has 0 aliphatic heterocycles. The Labute approximate surface area is 145 Å². The van der Waals surface area contributed by atoms with Gasteiger partial charge in [-0.25, -0.2) is 9.37 Å². The summed E-state index contributed by atoms with van der Waals surface area (Å²) in [6.07, 6.45) is 5.07. The number of aromatic nitrogens is 2.